The highest BCUT2D eigenvalue weighted by Gasteiger charge is 2.07. The number of halogens is 2. The van der Waals surface area contributed by atoms with Crippen molar-refractivity contribution in [3.8, 4) is 5.75 Å². The Hall–Kier alpha value is -2.33. The predicted molar refractivity (Wildman–Crippen MR) is 108 cm³/mol. The van der Waals surface area contributed by atoms with Crippen molar-refractivity contribution < 1.29 is 9.13 Å². The number of nitrogens with one attached hydrogen (secondary N) is 1. The summed E-state index contributed by atoms with van der Waals surface area (Å²) in [5.41, 5.74) is 5.54. The third-order valence-electron chi connectivity index (χ3n) is 4.19. The van der Waals surface area contributed by atoms with E-state index >= 15 is 0 Å². The van der Waals surface area contributed by atoms with E-state index in [1.165, 1.54) is 23.3 Å². The highest BCUT2D eigenvalue weighted by molar-refractivity contribution is 9.10. The second-order valence-corrected chi connectivity index (χ2v) is 7.25. The molecule has 0 aromatic heterocycles. The zero-order valence-electron chi connectivity index (χ0n) is 14.9. The lowest BCUT2D eigenvalue weighted by atomic mass is 10.1. The van der Waals surface area contributed by atoms with Gasteiger partial charge in [-0.15, -0.1) is 0 Å². The molecule has 3 rings (SSSR count). The summed E-state index contributed by atoms with van der Waals surface area (Å²) in [4.78, 5) is 0. The van der Waals surface area contributed by atoms with Gasteiger partial charge in [0.15, 0.2) is 0 Å². The molecule has 3 aromatic rings. The van der Waals surface area contributed by atoms with Gasteiger partial charge in [0.05, 0.1) is 0 Å². The van der Waals surface area contributed by atoms with Gasteiger partial charge in [-0.25, -0.2) is 4.39 Å². The molecule has 0 bridgehead atoms. The van der Waals surface area contributed by atoms with Gasteiger partial charge in [0, 0.05) is 22.3 Å². The quantitative estimate of drug-likeness (QED) is 0.504. The molecule has 0 amide bonds. The fourth-order valence-corrected chi connectivity index (χ4v) is 3.09. The van der Waals surface area contributed by atoms with E-state index in [-0.39, 0.29) is 5.82 Å². The number of benzene rings is 3. The van der Waals surface area contributed by atoms with Crippen LogP contribution < -0.4 is 10.1 Å². The van der Waals surface area contributed by atoms with E-state index in [4.69, 9.17) is 4.74 Å². The van der Waals surface area contributed by atoms with Crippen LogP contribution >= 0.6 is 15.9 Å². The molecule has 0 unspecified atom stereocenters. The highest BCUT2D eigenvalue weighted by atomic mass is 79.9. The summed E-state index contributed by atoms with van der Waals surface area (Å²) in [6, 6.07) is 18.7. The number of anilines is 1. The Labute approximate surface area is 162 Å². The van der Waals surface area contributed by atoms with E-state index < -0.39 is 0 Å². The van der Waals surface area contributed by atoms with Gasteiger partial charge >= 0.3 is 0 Å². The second-order valence-electron chi connectivity index (χ2n) is 6.34. The van der Waals surface area contributed by atoms with E-state index in [0.717, 1.165) is 27.0 Å². The molecule has 0 saturated carbocycles. The average molecular weight is 414 g/mol. The predicted octanol–water partition coefficient (Wildman–Crippen LogP) is 6.40. The van der Waals surface area contributed by atoms with E-state index in [1.54, 1.807) is 12.1 Å². The number of rotatable bonds is 6. The van der Waals surface area contributed by atoms with Crippen molar-refractivity contribution in [3.63, 3.8) is 0 Å². The molecule has 2 nitrogen and oxygen atoms in total. The Morgan fingerprint density at radius 2 is 1.73 bits per heavy atom. The van der Waals surface area contributed by atoms with Gasteiger partial charge in [0.1, 0.15) is 18.2 Å². The van der Waals surface area contributed by atoms with Crippen LogP contribution in [0.2, 0.25) is 0 Å². The molecular formula is C22H21BrFNO. The molecule has 0 saturated heterocycles. The van der Waals surface area contributed by atoms with E-state index in [0.29, 0.717) is 13.2 Å². The summed E-state index contributed by atoms with van der Waals surface area (Å²) in [5.74, 6) is 0.575. The first-order valence-corrected chi connectivity index (χ1v) is 9.27. The van der Waals surface area contributed by atoms with Crippen molar-refractivity contribution in [2.75, 3.05) is 5.32 Å². The van der Waals surface area contributed by atoms with Crippen LogP contribution in [-0.2, 0) is 13.2 Å². The SMILES string of the molecule is Cc1ccc(C)c(NCc2cc(Br)ccc2OCc2ccc(F)cc2)c1. The summed E-state index contributed by atoms with van der Waals surface area (Å²) in [5, 5.41) is 3.49. The van der Waals surface area contributed by atoms with Crippen LogP contribution in [0.5, 0.6) is 5.75 Å². The molecule has 3 aromatic carbocycles. The van der Waals surface area contributed by atoms with Crippen molar-refractivity contribution >= 4 is 21.6 Å². The molecule has 0 atom stereocenters. The molecule has 0 aliphatic carbocycles. The summed E-state index contributed by atoms with van der Waals surface area (Å²) in [6.07, 6.45) is 0. The van der Waals surface area contributed by atoms with Crippen LogP contribution in [0.3, 0.4) is 0 Å². The van der Waals surface area contributed by atoms with E-state index in [9.17, 15) is 4.39 Å². The molecule has 0 radical (unpaired) electrons. The topological polar surface area (TPSA) is 21.3 Å². The fourth-order valence-electron chi connectivity index (χ4n) is 2.69. The standard InChI is InChI=1S/C22H21BrFNO/c1-15-3-4-16(2)21(11-15)25-13-18-12-19(23)7-10-22(18)26-14-17-5-8-20(24)9-6-17/h3-12,25H,13-14H2,1-2H3. The normalized spacial score (nSPS) is 10.6. The number of ether oxygens (including phenoxy) is 1. The van der Waals surface area contributed by atoms with Crippen molar-refractivity contribution in [3.05, 3.63) is 93.2 Å². The fraction of sp³-hybridized carbons (Fsp3) is 0.182. The minimum atomic E-state index is -0.240. The van der Waals surface area contributed by atoms with Crippen LogP contribution in [0, 0.1) is 19.7 Å². The molecule has 1 N–H and O–H groups in total. The zero-order chi connectivity index (χ0) is 18.5. The Morgan fingerprint density at radius 3 is 2.50 bits per heavy atom. The van der Waals surface area contributed by atoms with E-state index in [1.807, 2.05) is 12.1 Å². The minimum Gasteiger partial charge on any atom is -0.489 e. The van der Waals surface area contributed by atoms with Crippen LogP contribution in [0.25, 0.3) is 0 Å². The monoisotopic (exact) mass is 413 g/mol. The van der Waals surface area contributed by atoms with Crippen molar-refractivity contribution in [2.24, 2.45) is 0 Å². The van der Waals surface area contributed by atoms with Gasteiger partial charge in [0.2, 0.25) is 0 Å². The lowest BCUT2D eigenvalue weighted by molar-refractivity contribution is 0.303. The maximum atomic E-state index is 13.0. The Kier molecular flexibility index (Phi) is 5.94. The van der Waals surface area contributed by atoms with Gasteiger partial charge in [-0.1, -0.05) is 40.2 Å². The zero-order valence-corrected chi connectivity index (χ0v) is 16.4. The van der Waals surface area contributed by atoms with Crippen molar-refractivity contribution in [2.45, 2.75) is 27.0 Å². The number of aryl methyl sites for hydroxylation is 2. The first-order chi connectivity index (χ1) is 12.5. The largest absolute Gasteiger partial charge is 0.489 e. The molecule has 134 valence electrons. The van der Waals surface area contributed by atoms with Crippen LogP contribution in [0.15, 0.2) is 65.1 Å². The first kappa shape index (κ1) is 18.5. The van der Waals surface area contributed by atoms with Crippen LogP contribution in [-0.4, -0.2) is 0 Å². The Bertz CT molecular complexity index is 893. The van der Waals surface area contributed by atoms with Crippen LogP contribution in [0.4, 0.5) is 10.1 Å². The smallest absolute Gasteiger partial charge is 0.124 e. The maximum Gasteiger partial charge on any atom is 0.124 e. The summed E-state index contributed by atoms with van der Waals surface area (Å²) < 4.78 is 20.0. The molecule has 0 fully saturated rings. The van der Waals surface area contributed by atoms with Crippen molar-refractivity contribution in [1.29, 1.82) is 0 Å². The summed E-state index contributed by atoms with van der Waals surface area (Å²) >= 11 is 3.53. The first-order valence-electron chi connectivity index (χ1n) is 8.48. The molecule has 0 aliphatic heterocycles. The Morgan fingerprint density at radius 1 is 0.962 bits per heavy atom. The third-order valence-corrected chi connectivity index (χ3v) is 4.69. The number of hydrogen-bond acceptors (Lipinski definition) is 2. The molecule has 26 heavy (non-hydrogen) atoms. The average Bonchev–Trinajstić information content (AvgIpc) is 2.63. The van der Waals surface area contributed by atoms with Gasteiger partial charge in [-0.3, -0.25) is 0 Å². The lowest BCUT2D eigenvalue weighted by Crippen LogP contribution is -2.05. The van der Waals surface area contributed by atoms with Gasteiger partial charge in [-0.2, -0.15) is 0 Å². The molecule has 4 heteroatoms. The number of hydrogen-bond donors (Lipinski definition) is 1. The minimum absolute atomic E-state index is 0.240. The summed E-state index contributed by atoms with van der Waals surface area (Å²) in [7, 11) is 0. The van der Waals surface area contributed by atoms with E-state index in [2.05, 4.69) is 59.4 Å². The molecule has 0 aliphatic rings. The van der Waals surface area contributed by atoms with Gasteiger partial charge in [-0.05, 0) is 66.9 Å². The lowest BCUT2D eigenvalue weighted by Gasteiger charge is -2.15. The van der Waals surface area contributed by atoms with Gasteiger partial charge < -0.3 is 10.1 Å². The molecular weight excluding hydrogens is 393 g/mol. The summed E-state index contributed by atoms with van der Waals surface area (Å²) in [6.45, 7) is 5.23. The second kappa shape index (κ2) is 8.37. The van der Waals surface area contributed by atoms with Crippen molar-refractivity contribution in [1.82, 2.24) is 0 Å². The highest BCUT2D eigenvalue weighted by Crippen LogP contribution is 2.26. The molecule has 0 spiro atoms. The third kappa shape index (κ3) is 4.85. The molecule has 0 heterocycles. The maximum absolute atomic E-state index is 13.0. The Balaban J connectivity index is 1.73. The van der Waals surface area contributed by atoms with Gasteiger partial charge in [0.25, 0.3) is 0 Å². The van der Waals surface area contributed by atoms with Crippen LogP contribution in [0.1, 0.15) is 22.3 Å².